The van der Waals surface area contributed by atoms with Crippen molar-refractivity contribution < 1.29 is 0 Å². The summed E-state index contributed by atoms with van der Waals surface area (Å²) < 4.78 is 0. The molecule has 0 radical (unpaired) electrons. The molecule has 0 aliphatic heterocycles. The Morgan fingerprint density at radius 2 is 2.00 bits per heavy atom. The van der Waals surface area contributed by atoms with E-state index >= 15 is 0 Å². The number of aryl methyl sites for hydroxylation is 1. The van der Waals surface area contributed by atoms with Crippen molar-refractivity contribution in [3.8, 4) is 0 Å². The molecule has 1 N–H and O–H groups in total. The van der Waals surface area contributed by atoms with E-state index < -0.39 is 0 Å². The maximum atomic E-state index is 3.83. The molecular formula is C16H25NS. The Kier molecular flexibility index (Phi) is 3.76. The molecule has 2 aliphatic rings. The van der Waals surface area contributed by atoms with E-state index in [1.165, 1.54) is 37.0 Å². The predicted molar refractivity (Wildman–Crippen MR) is 79.0 cm³/mol. The molecule has 18 heavy (non-hydrogen) atoms. The first kappa shape index (κ1) is 12.7. The van der Waals surface area contributed by atoms with Crippen LogP contribution in [0, 0.1) is 24.7 Å². The SMILES string of the molecule is CCCNC(c1ccc(C)s1)C1C2CCCCC21. The number of hydrogen-bond acceptors (Lipinski definition) is 2. The van der Waals surface area contributed by atoms with Gasteiger partial charge in [-0.3, -0.25) is 0 Å². The van der Waals surface area contributed by atoms with Crippen LogP contribution in [0.2, 0.25) is 0 Å². The third-order valence-electron chi connectivity index (χ3n) is 4.79. The summed E-state index contributed by atoms with van der Waals surface area (Å²) in [6.07, 6.45) is 7.17. The van der Waals surface area contributed by atoms with Crippen LogP contribution in [-0.4, -0.2) is 6.54 Å². The molecule has 2 aliphatic carbocycles. The minimum atomic E-state index is 0.650. The minimum absolute atomic E-state index is 0.650. The summed E-state index contributed by atoms with van der Waals surface area (Å²) in [7, 11) is 0. The molecule has 2 saturated carbocycles. The Hall–Kier alpha value is -0.340. The van der Waals surface area contributed by atoms with Crippen molar-refractivity contribution >= 4 is 11.3 Å². The van der Waals surface area contributed by atoms with E-state index in [1.54, 1.807) is 4.88 Å². The first-order chi connectivity index (χ1) is 8.81. The van der Waals surface area contributed by atoms with Gasteiger partial charge in [0, 0.05) is 15.8 Å². The molecule has 0 saturated heterocycles. The molecule has 1 heterocycles. The van der Waals surface area contributed by atoms with Gasteiger partial charge in [0.25, 0.3) is 0 Å². The molecule has 2 fully saturated rings. The number of nitrogens with one attached hydrogen (secondary N) is 1. The molecule has 0 aromatic carbocycles. The summed E-state index contributed by atoms with van der Waals surface area (Å²) in [5.74, 6) is 3.02. The summed E-state index contributed by atoms with van der Waals surface area (Å²) in [5, 5.41) is 3.83. The highest BCUT2D eigenvalue weighted by Gasteiger charge is 2.54. The van der Waals surface area contributed by atoms with Crippen molar-refractivity contribution in [1.29, 1.82) is 0 Å². The molecule has 2 heteroatoms. The van der Waals surface area contributed by atoms with E-state index in [0.29, 0.717) is 6.04 Å². The van der Waals surface area contributed by atoms with Crippen LogP contribution in [0.15, 0.2) is 12.1 Å². The van der Waals surface area contributed by atoms with Crippen LogP contribution in [0.1, 0.15) is 54.8 Å². The molecule has 100 valence electrons. The monoisotopic (exact) mass is 263 g/mol. The Balaban J connectivity index is 1.74. The Morgan fingerprint density at radius 3 is 2.56 bits per heavy atom. The van der Waals surface area contributed by atoms with E-state index in [0.717, 1.165) is 24.3 Å². The zero-order valence-corrected chi connectivity index (χ0v) is 12.4. The topological polar surface area (TPSA) is 12.0 Å². The highest BCUT2D eigenvalue weighted by atomic mass is 32.1. The van der Waals surface area contributed by atoms with Crippen molar-refractivity contribution in [3.05, 3.63) is 21.9 Å². The second-order valence-corrected chi connectivity index (χ2v) is 7.39. The van der Waals surface area contributed by atoms with Gasteiger partial charge >= 0.3 is 0 Å². The smallest absolute Gasteiger partial charge is 0.0449 e. The van der Waals surface area contributed by atoms with E-state index in [1.807, 2.05) is 11.3 Å². The minimum Gasteiger partial charge on any atom is -0.309 e. The van der Waals surface area contributed by atoms with Crippen molar-refractivity contribution in [2.24, 2.45) is 17.8 Å². The van der Waals surface area contributed by atoms with Gasteiger partial charge in [-0.05, 0) is 62.6 Å². The standard InChI is InChI=1S/C16H25NS/c1-3-10-17-16(14-9-8-11(2)18-14)15-12-6-4-5-7-13(12)15/h8-9,12-13,15-17H,3-7,10H2,1-2H3. The summed E-state index contributed by atoms with van der Waals surface area (Å²) in [6, 6.07) is 5.29. The van der Waals surface area contributed by atoms with Gasteiger partial charge in [0.15, 0.2) is 0 Å². The molecule has 1 aromatic rings. The lowest BCUT2D eigenvalue weighted by molar-refractivity contribution is 0.452. The van der Waals surface area contributed by atoms with Crippen molar-refractivity contribution in [3.63, 3.8) is 0 Å². The maximum absolute atomic E-state index is 3.83. The normalized spacial score (nSPS) is 32.0. The predicted octanol–water partition coefficient (Wildman–Crippen LogP) is 4.53. The number of rotatable bonds is 5. The van der Waals surface area contributed by atoms with Crippen LogP contribution in [0.25, 0.3) is 0 Å². The average molecular weight is 263 g/mol. The van der Waals surface area contributed by atoms with Gasteiger partial charge in [-0.15, -0.1) is 11.3 Å². The van der Waals surface area contributed by atoms with Gasteiger partial charge in [0.1, 0.15) is 0 Å². The lowest BCUT2D eigenvalue weighted by atomic mass is 10.0. The zero-order valence-electron chi connectivity index (χ0n) is 11.6. The van der Waals surface area contributed by atoms with Crippen LogP contribution in [0.3, 0.4) is 0 Å². The van der Waals surface area contributed by atoms with Gasteiger partial charge in [0.2, 0.25) is 0 Å². The van der Waals surface area contributed by atoms with E-state index in [4.69, 9.17) is 0 Å². The third-order valence-corrected chi connectivity index (χ3v) is 5.87. The second kappa shape index (κ2) is 5.34. The molecule has 0 bridgehead atoms. The van der Waals surface area contributed by atoms with Crippen molar-refractivity contribution in [2.45, 2.75) is 52.0 Å². The number of hydrogen-bond donors (Lipinski definition) is 1. The Bertz CT molecular complexity index is 386. The van der Waals surface area contributed by atoms with Gasteiger partial charge in [-0.25, -0.2) is 0 Å². The van der Waals surface area contributed by atoms with E-state index in [-0.39, 0.29) is 0 Å². The molecule has 3 unspecified atom stereocenters. The van der Waals surface area contributed by atoms with Gasteiger partial charge in [0.05, 0.1) is 0 Å². The van der Waals surface area contributed by atoms with Crippen LogP contribution in [0.4, 0.5) is 0 Å². The van der Waals surface area contributed by atoms with Crippen LogP contribution < -0.4 is 5.32 Å². The first-order valence-corrected chi connectivity index (χ1v) is 8.42. The summed E-state index contributed by atoms with van der Waals surface area (Å²) >= 11 is 2.00. The van der Waals surface area contributed by atoms with Crippen LogP contribution in [0.5, 0.6) is 0 Å². The third kappa shape index (κ3) is 2.37. The van der Waals surface area contributed by atoms with Gasteiger partial charge in [-0.2, -0.15) is 0 Å². The molecular weight excluding hydrogens is 238 g/mol. The molecule has 3 rings (SSSR count). The van der Waals surface area contributed by atoms with E-state index in [9.17, 15) is 0 Å². The van der Waals surface area contributed by atoms with Crippen LogP contribution >= 0.6 is 11.3 Å². The first-order valence-electron chi connectivity index (χ1n) is 7.61. The second-order valence-electron chi connectivity index (χ2n) is 6.07. The fourth-order valence-electron chi connectivity index (χ4n) is 3.89. The summed E-state index contributed by atoms with van der Waals surface area (Å²) in [4.78, 5) is 3.04. The van der Waals surface area contributed by atoms with Gasteiger partial charge < -0.3 is 5.32 Å². The molecule has 0 amide bonds. The lowest BCUT2D eigenvalue weighted by Gasteiger charge is -2.17. The van der Waals surface area contributed by atoms with Crippen molar-refractivity contribution in [1.82, 2.24) is 5.32 Å². The maximum Gasteiger partial charge on any atom is 0.0449 e. The van der Waals surface area contributed by atoms with E-state index in [2.05, 4.69) is 31.3 Å². The number of fused-ring (bicyclic) bond motifs is 1. The Labute approximate surface area is 115 Å². The zero-order chi connectivity index (χ0) is 12.5. The summed E-state index contributed by atoms with van der Waals surface area (Å²) in [5.41, 5.74) is 0. The highest BCUT2D eigenvalue weighted by Crippen LogP contribution is 2.60. The molecule has 3 atom stereocenters. The summed E-state index contributed by atoms with van der Waals surface area (Å²) in [6.45, 7) is 5.66. The number of thiophene rings is 1. The van der Waals surface area contributed by atoms with Gasteiger partial charge in [-0.1, -0.05) is 19.8 Å². The molecule has 1 aromatic heterocycles. The lowest BCUT2D eigenvalue weighted by Crippen LogP contribution is -2.24. The molecule has 1 nitrogen and oxygen atoms in total. The quantitative estimate of drug-likeness (QED) is 0.823. The van der Waals surface area contributed by atoms with Crippen LogP contribution in [-0.2, 0) is 0 Å². The largest absolute Gasteiger partial charge is 0.309 e. The fraction of sp³-hybridized carbons (Fsp3) is 0.750. The molecule has 0 spiro atoms. The Morgan fingerprint density at radius 1 is 1.28 bits per heavy atom. The fourth-order valence-corrected chi connectivity index (χ4v) is 4.90. The van der Waals surface area contributed by atoms with Crippen molar-refractivity contribution in [2.75, 3.05) is 6.54 Å². The average Bonchev–Trinajstić information content (AvgIpc) is 2.95. The highest BCUT2D eigenvalue weighted by molar-refractivity contribution is 7.12.